The number of rotatable bonds is 2. The van der Waals surface area contributed by atoms with Crippen molar-refractivity contribution in [3.05, 3.63) is 30.6 Å². The minimum Gasteiger partial charge on any atom is -0.450 e. The second-order valence-corrected chi connectivity index (χ2v) is 6.60. The SMILES string of the molecule is c1ccc2c(c1)oc1c(N3CC[C@@H](N4CCCC4)C3)ncnc12. The number of hydrogen-bond donors (Lipinski definition) is 0. The largest absolute Gasteiger partial charge is 0.450 e. The van der Waals surface area contributed by atoms with Crippen LogP contribution in [0.3, 0.4) is 0 Å². The normalized spacial score (nSPS) is 22.6. The Bertz CT molecular complexity index is 852. The fraction of sp³-hybridized carbons (Fsp3) is 0.444. The molecule has 0 unspecified atom stereocenters. The molecule has 5 heteroatoms. The van der Waals surface area contributed by atoms with E-state index >= 15 is 0 Å². The zero-order valence-corrected chi connectivity index (χ0v) is 13.1. The van der Waals surface area contributed by atoms with Gasteiger partial charge in [-0.2, -0.15) is 0 Å². The van der Waals surface area contributed by atoms with Gasteiger partial charge in [0.05, 0.1) is 0 Å². The van der Waals surface area contributed by atoms with Crippen LogP contribution in [0.2, 0.25) is 0 Å². The van der Waals surface area contributed by atoms with Gasteiger partial charge in [0.15, 0.2) is 11.4 Å². The van der Waals surface area contributed by atoms with Crippen molar-refractivity contribution in [2.24, 2.45) is 0 Å². The predicted molar refractivity (Wildman–Crippen MR) is 90.7 cm³/mol. The molecule has 23 heavy (non-hydrogen) atoms. The molecule has 3 aromatic rings. The standard InChI is InChI=1S/C18H20N4O/c1-2-6-15-14(5-1)16-17(23-15)18(20-12-19-16)22-10-7-13(11-22)21-8-3-4-9-21/h1-2,5-6,12-13H,3-4,7-11H2/t13-/m1/s1. The number of fused-ring (bicyclic) bond motifs is 3. The second-order valence-electron chi connectivity index (χ2n) is 6.60. The molecule has 118 valence electrons. The molecule has 1 atom stereocenters. The first-order valence-electron chi connectivity index (χ1n) is 8.51. The first kappa shape index (κ1) is 13.3. The highest BCUT2D eigenvalue weighted by molar-refractivity contribution is 6.05. The molecular weight excluding hydrogens is 288 g/mol. The van der Waals surface area contributed by atoms with Crippen LogP contribution in [0.1, 0.15) is 19.3 Å². The van der Waals surface area contributed by atoms with Gasteiger partial charge in [0, 0.05) is 24.5 Å². The van der Waals surface area contributed by atoms with Crippen molar-refractivity contribution in [2.45, 2.75) is 25.3 Å². The van der Waals surface area contributed by atoms with Crippen LogP contribution in [0.15, 0.2) is 35.0 Å². The summed E-state index contributed by atoms with van der Waals surface area (Å²) in [5, 5.41) is 1.07. The third-order valence-corrected chi connectivity index (χ3v) is 5.26. The van der Waals surface area contributed by atoms with Crippen molar-refractivity contribution in [2.75, 3.05) is 31.1 Å². The Labute approximate surface area is 134 Å². The Morgan fingerprint density at radius 3 is 2.83 bits per heavy atom. The Morgan fingerprint density at radius 1 is 1.04 bits per heavy atom. The predicted octanol–water partition coefficient (Wildman–Crippen LogP) is 3.05. The van der Waals surface area contributed by atoms with Crippen LogP contribution >= 0.6 is 0 Å². The maximum Gasteiger partial charge on any atom is 0.196 e. The molecule has 5 nitrogen and oxygen atoms in total. The third-order valence-electron chi connectivity index (χ3n) is 5.26. The molecule has 2 saturated heterocycles. The molecule has 0 N–H and O–H groups in total. The van der Waals surface area contributed by atoms with Gasteiger partial charge in [-0.15, -0.1) is 0 Å². The Hall–Kier alpha value is -2.14. The van der Waals surface area contributed by atoms with Gasteiger partial charge in [-0.3, -0.25) is 4.90 Å². The van der Waals surface area contributed by atoms with Crippen LogP contribution in [-0.4, -0.2) is 47.1 Å². The van der Waals surface area contributed by atoms with Crippen molar-refractivity contribution >= 4 is 27.9 Å². The molecule has 1 aromatic carbocycles. The lowest BCUT2D eigenvalue weighted by Gasteiger charge is -2.23. The van der Waals surface area contributed by atoms with E-state index in [4.69, 9.17) is 4.42 Å². The van der Waals surface area contributed by atoms with E-state index in [-0.39, 0.29) is 0 Å². The molecule has 2 fully saturated rings. The summed E-state index contributed by atoms with van der Waals surface area (Å²) in [5.74, 6) is 0.952. The number of benzene rings is 1. The monoisotopic (exact) mass is 308 g/mol. The maximum atomic E-state index is 6.08. The summed E-state index contributed by atoms with van der Waals surface area (Å²) in [6, 6.07) is 8.74. The number of furan rings is 1. The minimum atomic E-state index is 0.659. The van der Waals surface area contributed by atoms with Crippen molar-refractivity contribution < 1.29 is 4.42 Å². The van der Waals surface area contributed by atoms with Crippen molar-refractivity contribution in [1.29, 1.82) is 0 Å². The van der Waals surface area contributed by atoms with Gasteiger partial charge in [-0.25, -0.2) is 9.97 Å². The number of aromatic nitrogens is 2. The fourth-order valence-corrected chi connectivity index (χ4v) is 4.08. The van der Waals surface area contributed by atoms with E-state index in [0.717, 1.165) is 41.0 Å². The van der Waals surface area contributed by atoms with E-state index in [9.17, 15) is 0 Å². The topological polar surface area (TPSA) is 45.4 Å². The molecule has 2 aliphatic rings. The third kappa shape index (κ3) is 2.10. The quantitative estimate of drug-likeness (QED) is 0.728. The Morgan fingerprint density at radius 2 is 1.91 bits per heavy atom. The van der Waals surface area contributed by atoms with Crippen LogP contribution in [0, 0.1) is 0 Å². The van der Waals surface area contributed by atoms with Crippen LogP contribution in [0.5, 0.6) is 0 Å². The van der Waals surface area contributed by atoms with Gasteiger partial charge in [0.2, 0.25) is 0 Å². The average Bonchev–Trinajstić information content (AvgIpc) is 3.32. The zero-order chi connectivity index (χ0) is 15.2. The number of hydrogen-bond acceptors (Lipinski definition) is 5. The second kappa shape index (κ2) is 5.20. The first-order chi connectivity index (χ1) is 11.4. The average molecular weight is 308 g/mol. The number of para-hydroxylation sites is 1. The molecule has 4 heterocycles. The summed E-state index contributed by atoms with van der Waals surface area (Å²) in [6.07, 6.45) is 5.57. The number of anilines is 1. The molecule has 0 aliphatic carbocycles. The summed E-state index contributed by atoms with van der Waals surface area (Å²) in [4.78, 5) is 14.0. The zero-order valence-electron chi connectivity index (χ0n) is 13.1. The molecule has 2 aromatic heterocycles. The lowest BCUT2D eigenvalue weighted by atomic mass is 10.2. The maximum absolute atomic E-state index is 6.08. The lowest BCUT2D eigenvalue weighted by Crippen LogP contribution is -2.35. The molecule has 0 saturated carbocycles. The van der Waals surface area contributed by atoms with Gasteiger partial charge < -0.3 is 9.32 Å². The summed E-state index contributed by atoms with van der Waals surface area (Å²) in [6.45, 7) is 4.60. The van der Waals surface area contributed by atoms with Crippen molar-refractivity contribution in [3.63, 3.8) is 0 Å². The molecule has 0 amide bonds. The number of likely N-dealkylation sites (tertiary alicyclic amines) is 1. The van der Waals surface area contributed by atoms with Crippen molar-refractivity contribution in [3.8, 4) is 0 Å². The smallest absolute Gasteiger partial charge is 0.196 e. The van der Waals surface area contributed by atoms with E-state index in [0.29, 0.717) is 6.04 Å². The van der Waals surface area contributed by atoms with Gasteiger partial charge in [-0.1, -0.05) is 12.1 Å². The molecule has 0 spiro atoms. The summed E-state index contributed by atoms with van der Waals surface area (Å²) >= 11 is 0. The van der Waals surface area contributed by atoms with E-state index in [1.807, 2.05) is 18.2 Å². The van der Waals surface area contributed by atoms with Crippen LogP contribution < -0.4 is 4.90 Å². The Balaban J connectivity index is 1.53. The van der Waals surface area contributed by atoms with Crippen LogP contribution in [0.4, 0.5) is 5.82 Å². The van der Waals surface area contributed by atoms with Gasteiger partial charge in [0.1, 0.15) is 17.4 Å². The Kier molecular flexibility index (Phi) is 3.01. The molecule has 0 bridgehead atoms. The van der Waals surface area contributed by atoms with Gasteiger partial charge in [0.25, 0.3) is 0 Å². The summed E-state index contributed by atoms with van der Waals surface area (Å²) < 4.78 is 6.08. The highest BCUT2D eigenvalue weighted by atomic mass is 16.3. The van der Waals surface area contributed by atoms with E-state index in [1.54, 1.807) is 6.33 Å². The highest BCUT2D eigenvalue weighted by Crippen LogP contribution is 2.34. The summed E-state index contributed by atoms with van der Waals surface area (Å²) in [7, 11) is 0. The van der Waals surface area contributed by atoms with Crippen molar-refractivity contribution in [1.82, 2.24) is 14.9 Å². The molecular formula is C18H20N4O. The van der Waals surface area contributed by atoms with Crippen LogP contribution in [-0.2, 0) is 0 Å². The molecule has 2 aliphatic heterocycles. The molecule has 5 rings (SSSR count). The van der Waals surface area contributed by atoms with E-state index in [2.05, 4.69) is 25.8 Å². The first-order valence-corrected chi connectivity index (χ1v) is 8.51. The van der Waals surface area contributed by atoms with Gasteiger partial charge >= 0.3 is 0 Å². The lowest BCUT2D eigenvalue weighted by molar-refractivity contribution is 0.260. The van der Waals surface area contributed by atoms with Gasteiger partial charge in [-0.05, 0) is 44.5 Å². The van der Waals surface area contributed by atoms with Crippen LogP contribution in [0.25, 0.3) is 22.1 Å². The van der Waals surface area contributed by atoms with E-state index < -0.39 is 0 Å². The fourth-order valence-electron chi connectivity index (χ4n) is 4.08. The molecule has 0 radical (unpaired) electrons. The highest BCUT2D eigenvalue weighted by Gasteiger charge is 2.31. The number of nitrogens with zero attached hydrogens (tertiary/aromatic N) is 4. The minimum absolute atomic E-state index is 0.659. The summed E-state index contributed by atoms with van der Waals surface area (Å²) in [5.41, 5.74) is 2.64. The van der Waals surface area contributed by atoms with E-state index in [1.165, 1.54) is 32.4 Å².